The van der Waals surface area contributed by atoms with Crippen LogP contribution in [0.15, 0.2) is 67.3 Å². The third kappa shape index (κ3) is 6.81. The third-order valence-electron chi connectivity index (χ3n) is 8.07. The van der Waals surface area contributed by atoms with Crippen LogP contribution in [0.5, 0.6) is 17.2 Å². The number of alkyl halides is 3. The van der Waals surface area contributed by atoms with Gasteiger partial charge in [-0.25, -0.2) is 13.9 Å². The number of carbonyl (C=O) groups excluding carboxylic acids is 2. The van der Waals surface area contributed by atoms with E-state index in [1.165, 1.54) is 44.7 Å². The average Bonchev–Trinajstić information content (AvgIpc) is 3.74. The standard InChI is InChI=1S/C33H33F3N8O4/c1-19-6-7-22(13-24(19)32(46)41(2)3)47-23-8-9-28(48-33(35)36)25(14-23)29-27(18-43(40-29)17-21-12-20(34)16-42(21)4)39-31(45)26-15-38-44-11-5-10-37-30(26)44/h5-11,13-15,18,20-21,33H,12,16-17H2,1-4H3,(H,39,45)/t20-,21+/m1/s1. The van der Waals surface area contributed by atoms with E-state index in [1.54, 1.807) is 57.7 Å². The van der Waals surface area contributed by atoms with Gasteiger partial charge in [-0.05, 0) is 62.4 Å². The quantitative estimate of drug-likeness (QED) is 0.214. The van der Waals surface area contributed by atoms with Gasteiger partial charge in [-0.3, -0.25) is 19.2 Å². The van der Waals surface area contributed by atoms with Crippen LogP contribution < -0.4 is 14.8 Å². The Morgan fingerprint density at radius 1 is 1.12 bits per heavy atom. The van der Waals surface area contributed by atoms with E-state index >= 15 is 0 Å². The number of carbonyl (C=O) groups is 2. The Hall–Kier alpha value is -5.44. The summed E-state index contributed by atoms with van der Waals surface area (Å²) in [5, 5.41) is 11.7. The first-order chi connectivity index (χ1) is 23.0. The van der Waals surface area contributed by atoms with Crippen molar-refractivity contribution in [1.29, 1.82) is 0 Å². The fraction of sp³-hybridized carbons (Fsp3) is 0.303. The maximum absolute atomic E-state index is 14.2. The number of halogens is 3. The lowest BCUT2D eigenvalue weighted by Gasteiger charge is -2.18. The molecule has 1 aliphatic rings. The molecule has 1 aliphatic heterocycles. The Bertz CT molecular complexity index is 1980. The molecule has 0 saturated carbocycles. The van der Waals surface area contributed by atoms with Crippen LogP contribution in [0.4, 0.5) is 18.9 Å². The van der Waals surface area contributed by atoms with Crippen LogP contribution in [-0.4, -0.2) is 92.5 Å². The van der Waals surface area contributed by atoms with Crippen LogP contribution in [0.25, 0.3) is 16.9 Å². The van der Waals surface area contributed by atoms with Crippen LogP contribution in [0.2, 0.25) is 0 Å². The summed E-state index contributed by atoms with van der Waals surface area (Å²) in [5.41, 5.74) is 2.06. The van der Waals surface area contributed by atoms with E-state index in [1.807, 2.05) is 11.9 Å². The number of hydrogen-bond donors (Lipinski definition) is 1. The topological polar surface area (TPSA) is 119 Å². The highest BCUT2D eigenvalue weighted by atomic mass is 19.3. The first kappa shape index (κ1) is 32.5. The summed E-state index contributed by atoms with van der Waals surface area (Å²) in [7, 11) is 5.10. The molecule has 0 spiro atoms. The molecule has 1 fully saturated rings. The van der Waals surface area contributed by atoms with E-state index in [0.29, 0.717) is 23.4 Å². The summed E-state index contributed by atoms with van der Waals surface area (Å²) in [6.45, 7) is -0.811. The van der Waals surface area contributed by atoms with Crippen molar-refractivity contribution in [2.24, 2.45) is 0 Å². The molecule has 0 unspecified atom stereocenters. The van der Waals surface area contributed by atoms with Gasteiger partial charge in [0.2, 0.25) is 0 Å². The average molecular weight is 663 g/mol. The van der Waals surface area contributed by atoms with Gasteiger partial charge in [-0.15, -0.1) is 0 Å². The number of likely N-dealkylation sites (N-methyl/N-ethyl adjacent to an activating group) is 1. The molecule has 5 aromatic rings. The summed E-state index contributed by atoms with van der Waals surface area (Å²) in [4.78, 5) is 33.8. The maximum atomic E-state index is 14.2. The van der Waals surface area contributed by atoms with Crippen molar-refractivity contribution < 1.29 is 32.2 Å². The van der Waals surface area contributed by atoms with Crippen LogP contribution in [0.1, 0.15) is 32.7 Å². The number of amides is 2. The fourth-order valence-electron chi connectivity index (χ4n) is 5.65. The highest BCUT2D eigenvalue weighted by Gasteiger charge is 2.31. The Kier molecular flexibility index (Phi) is 9.04. The predicted molar refractivity (Wildman–Crippen MR) is 170 cm³/mol. The number of rotatable bonds is 10. The maximum Gasteiger partial charge on any atom is 0.387 e. The molecule has 1 saturated heterocycles. The molecule has 2 atom stereocenters. The van der Waals surface area contributed by atoms with Crippen molar-refractivity contribution in [2.75, 3.05) is 33.0 Å². The number of hydrogen-bond acceptors (Lipinski definition) is 8. The van der Waals surface area contributed by atoms with E-state index in [-0.39, 0.29) is 59.0 Å². The van der Waals surface area contributed by atoms with Crippen molar-refractivity contribution >= 4 is 23.1 Å². The molecule has 1 N–H and O–H groups in total. The van der Waals surface area contributed by atoms with Gasteiger partial charge in [0.1, 0.15) is 34.7 Å². The number of likely N-dealkylation sites (tertiary alicyclic amines) is 1. The molecule has 3 aromatic heterocycles. The number of aryl methyl sites for hydroxylation is 1. The molecule has 0 aliphatic carbocycles. The first-order valence-corrected chi connectivity index (χ1v) is 15.1. The molecule has 6 rings (SSSR count). The molecule has 2 aromatic carbocycles. The van der Waals surface area contributed by atoms with Crippen molar-refractivity contribution in [3.05, 3.63) is 83.9 Å². The number of anilines is 1. The van der Waals surface area contributed by atoms with Gasteiger partial charge < -0.3 is 19.7 Å². The Morgan fingerprint density at radius 3 is 2.62 bits per heavy atom. The zero-order chi connectivity index (χ0) is 34.1. The van der Waals surface area contributed by atoms with E-state index in [9.17, 15) is 22.8 Å². The largest absolute Gasteiger partial charge is 0.457 e. The monoisotopic (exact) mass is 662 g/mol. The van der Waals surface area contributed by atoms with Crippen molar-refractivity contribution in [1.82, 2.24) is 34.2 Å². The predicted octanol–water partition coefficient (Wildman–Crippen LogP) is 5.29. The lowest BCUT2D eigenvalue weighted by atomic mass is 10.1. The van der Waals surface area contributed by atoms with Gasteiger partial charge in [0.05, 0.1) is 24.0 Å². The highest BCUT2D eigenvalue weighted by Crippen LogP contribution is 2.39. The summed E-state index contributed by atoms with van der Waals surface area (Å²) >= 11 is 0. The number of ether oxygens (including phenoxy) is 2. The van der Waals surface area contributed by atoms with E-state index in [0.717, 1.165) is 5.56 Å². The minimum atomic E-state index is -3.16. The summed E-state index contributed by atoms with van der Waals surface area (Å²) < 4.78 is 55.4. The Labute approximate surface area is 273 Å². The number of aromatic nitrogens is 5. The Balaban J connectivity index is 1.40. The summed E-state index contributed by atoms with van der Waals surface area (Å²) in [6, 6.07) is 10.7. The molecule has 4 heterocycles. The van der Waals surface area contributed by atoms with Crippen molar-refractivity contribution in [3.8, 4) is 28.5 Å². The summed E-state index contributed by atoms with van der Waals surface area (Å²) in [5.74, 6) is -0.423. The molecule has 15 heteroatoms. The van der Waals surface area contributed by atoms with Crippen molar-refractivity contribution in [2.45, 2.75) is 38.7 Å². The Morgan fingerprint density at radius 2 is 1.90 bits per heavy atom. The van der Waals surface area contributed by atoms with Gasteiger partial charge in [0, 0.05) is 50.8 Å². The first-order valence-electron chi connectivity index (χ1n) is 15.1. The van der Waals surface area contributed by atoms with Gasteiger partial charge >= 0.3 is 6.61 Å². The van der Waals surface area contributed by atoms with E-state index in [4.69, 9.17) is 9.47 Å². The number of benzene rings is 2. The fourth-order valence-corrected chi connectivity index (χ4v) is 5.65. The van der Waals surface area contributed by atoms with Crippen LogP contribution in [-0.2, 0) is 6.54 Å². The molecule has 2 amide bonds. The lowest BCUT2D eigenvalue weighted by molar-refractivity contribution is -0.0495. The smallest absolute Gasteiger partial charge is 0.387 e. The second kappa shape index (κ2) is 13.4. The molecular formula is C33H33F3N8O4. The summed E-state index contributed by atoms with van der Waals surface area (Å²) in [6.07, 6.45) is 5.40. The minimum absolute atomic E-state index is 0.0969. The molecule has 12 nitrogen and oxygen atoms in total. The number of nitrogens with zero attached hydrogens (tertiary/aromatic N) is 7. The molecule has 0 bridgehead atoms. The van der Waals surface area contributed by atoms with Crippen LogP contribution in [0.3, 0.4) is 0 Å². The van der Waals surface area contributed by atoms with Gasteiger partial charge in [0.25, 0.3) is 11.8 Å². The highest BCUT2D eigenvalue weighted by molar-refractivity contribution is 6.09. The van der Waals surface area contributed by atoms with Gasteiger partial charge in [0.15, 0.2) is 5.65 Å². The third-order valence-corrected chi connectivity index (χ3v) is 8.07. The van der Waals surface area contributed by atoms with Crippen LogP contribution >= 0.6 is 0 Å². The molecule has 48 heavy (non-hydrogen) atoms. The number of nitrogens with one attached hydrogen (secondary N) is 1. The molecule has 0 radical (unpaired) electrons. The van der Waals surface area contributed by atoms with E-state index in [2.05, 4.69) is 20.5 Å². The second-order valence-corrected chi connectivity index (χ2v) is 11.8. The second-order valence-electron chi connectivity index (χ2n) is 11.8. The van der Waals surface area contributed by atoms with E-state index < -0.39 is 18.7 Å². The van der Waals surface area contributed by atoms with Gasteiger partial charge in [-0.2, -0.15) is 19.0 Å². The normalized spacial score (nSPS) is 16.4. The molecular weight excluding hydrogens is 629 g/mol. The zero-order valence-corrected chi connectivity index (χ0v) is 26.6. The van der Waals surface area contributed by atoms with Gasteiger partial charge in [-0.1, -0.05) is 6.07 Å². The number of fused-ring (bicyclic) bond motifs is 1. The lowest BCUT2D eigenvalue weighted by Crippen LogP contribution is -2.29. The SMILES string of the molecule is Cc1ccc(Oc2ccc(OC(F)F)c(-c3nn(C[C@@H]4C[C@@H](F)CN4C)cc3NC(=O)c3cnn4cccnc34)c2)cc1C(=O)N(C)C. The van der Waals surface area contributed by atoms with Crippen molar-refractivity contribution in [3.63, 3.8) is 0 Å². The zero-order valence-electron chi connectivity index (χ0n) is 26.6. The van der Waals surface area contributed by atoms with Crippen LogP contribution in [0, 0.1) is 6.92 Å². The molecule has 250 valence electrons. The minimum Gasteiger partial charge on any atom is -0.457 e.